The summed E-state index contributed by atoms with van der Waals surface area (Å²) in [6.07, 6.45) is 7.60. The van der Waals surface area contributed by atoms with Gasteiger partial charge < -0.3 is 5.32 Å². The first-order valence-electron chi connectivity index (χ1n) is 6.49. The first-order valence-corrected chi connectivity index (χ1v) is 6.49. The monoisotopic (exact) mass is 221 g/mol. The van der Waals surface area contributed by atoms with Crippen molar-refractivity contribution in [1.82, 2.24) is 15.1 Å². The minimum absolute atomic E-state index is 0.727. The number of aromatic nitrogens is 2. The Hall–Kier alpha value is -0.830. The van der Waals surface area contributed by atoms with Crippen molar-refractivity contribution in [3.05, 3.63) is 18.0 Å². The van der Waals surface area contributed by atoms with Crippen molar-refractivity contribution in [2.75, 3.05) is 6.54 Å². The van der Waals surface area contributed by atoms with Crippen molar-refractivity contribution in [2.24, 2.45) is 5.92 Å². The highest BCUT2D eigenvalue weighted by Gasteiger charge is 2.19. The third kappa shape index (κ3) is 3.08. The molecule has 2 rings (SSSR count). The molecule has 3 heteroatoms. The average Bonchev–Trinajstić information content (AvgIpc) is 2.67. The lowest BCUT2D eigenvalue weighted by Gasteiger charge is -2.29. The van der Waals surface area contributed by atoms with E-state index < -0.39 is 0 Å². The highest BCUT2D eigenvalue weighted by atomic mass is 15.3. The summed E-state index contributed by atoms with van der Waals surface area (Å²) in [5.41, 5.74) is 1.10. The number of hydrogen-bond acceptors (Lipinski definition) is 2. The second-order valence-corrected chi connectivity index (χ2v) is 5.04. The molecule has 1 aromatic rings. The van der Waals surface area contributed by atoms with Crippen molar-refractivity contribution in [3.8, 4) is 0 Å². The van der Waals surface area contributed by atoms with Crippen molar-refractivity contribution in [3.63, 3.8) is 0 Å². The van der Waals surface area contributed by atoms with Crippen LogP contribution in [0.25, 0.3) is 0 Å². The molecule has 0 saturated heterocycles. The molecule has 0 aliphatic heterocycles. The van der Waals surface area contributed by atoms with E-state index in [1.165, 1.54) is 25.7 Å². The van der Waals surface area contributed by atoms with Crippen LogP contribution < -0.4 is 5.32 Å². The van der Waals surface area contributed by atoms with E-state index in [-0.39, 0.29) is 0 Å². The van der Waals surface area contributed by atoms with Crippen LogP contribution in [0.1, 0.15) is 38.3 Å². The molecule has 2 atom stereocenters. The maximum absolute atomic E-state index is 4.39. The summed E-state index contributed by atoms with van der Waals surface area (Å²) < 4.78 is 2.02. The molecule has 2 unspecified atom stereocenters. The van der Waals surface area contributed by atoms with Crippen LogP contribution in [-0.2, 0) is 6.54 Å². The molecular weight excluding hydrogens is 198 g/mol. The minimum Gasteiger partial charge on any atom is -0.312 e. The summed E-state index contributed by atoms with van der Waals surface area (Å²) in [6.45, 7) is 6.43. The third-order valence-corrected chi connectivity index (χ3v) is 3.63. The second kappa shape index (κ2) is 5.48. The van der Waals surface area contributed by atoms with Gasteiger partial charge in [-0.25, -0.2) is 0 Å². The molecule has 3 nitrogen and oxygen atoms in total. The van der Waals surface area contributed by atoms with E-state index in [0.717, 1.165) is 30.7 Å². The standard InChI is InChI=1S/C13H23N3/c1-11-5-3-4-6-13(11)14-8-10-16-9-7-12(2)15-16/h7,9,11,13-14H,3-6,8,10H2,1-2H3. The summed E-state index contributed by atoms with van der Waals surface area (Å²) in [5.74, 6) is 0.841. The molecule has 1 aliphatic carbocycles. The van der Waals surface area contributed by atoms with E-state index in [1.54, 1.807) is 0 Å². The van der Waals surface area contributed by atoms with Crippen LogP contribution in [-0.4, -0.2) is 22.4 Å². The number of hydrogen-bond donors (Lipinski definition) is 1. The van der Waals surface area contributed by atoms with Crippen LogP contribution in [0.2, 0.25) is 0 Å². The molecule has 1 heterocycles. The third-order valence-electron chi connectivity index (χ3n) is 3.63. The SMILES string of the molecule is Cc1ccn(CCNC2CCCCC2C)n1. The van der Waals surface area contributed by atoms with Crippen LogP contribution in [0.5, 0.6) is 0 Å². The molecule has 0 bridgehead atoms. The maximum Gasteiger partial charge on any atom is 0.0593 e. The molecular formula is C13H23N3. The van der Waals surface area contributed by atoms with Crippen LogP contribution >= 0.6 is 0 Å². The van der Waals surface area contributed by atoms with Gasteiger partial charge in [0.1, 0.15) is 0 Å². The molecule has 0 amide bonds. The van der Waals surface area contributed by atoms with Gasteiger partial charge in [0.25, 0.3) is 0 Å². The molecule has 0 aromatic carbocycles. The van der Waals surface area contributed by atoms with Crippen molar-refractivity contribution >= 4 is 0 Å². The van der Waals surface area contributed by atoms with E-state index >= 15 is 0 Å². The normalized spacial score (nSPS) is 25.9. The molecule has 1 fully saturated rings. The van der Waals surface area contributed by atoms with Gasteiger partial charge in [-0.15, -0.1) is 0 Å². The van der Waals surface area contributed by atoms with E-state index in [4.69, 9.17) is 0 Å². The summed E-state index contributed by atoms with van der Waals surface area (Å²) in [6, 6.07) is 2.79. The first kappa shape index (κ1) is 11.6. The molecule has 1 aromatic heterocycles. The highest BCUT2D eigenvalue weighted by Crippen LogP contribution is 2.23. The molecule has 16 heavy (non-hydrogen) atoms. The van der Waals surface area contributed by atoms with Crippen molar-refractivity contribution in [1.29, 1.82) is 0 Å². The van der Waals surface area contributed by atoms with Gasteiger partial charge in [0, 0.05) is 18.8 Å². The van der Waals surface area contributed by atoms with Gasteiger partial charge in [0.15, 0.2) is 0 Å². The fraction of sp³-hybridized carbons (Fsp3) is 0.769. The second-order valence-electron chi connectivity index (χ2n) is 5.04. The number of nitrogens with one attached hydrogen (secondary N) is 1. The Morgan fingerprint density at radius 3 is 2.94 bits per heavy atom. The Labute approximate surface area is 98.2 Å². The van der Waals surface area contributed by atoms with Gasteiger partial charge >= 0.3 is 0 Å². The van der Waals surface area contributed by atoms with Crippen molar-refractivity contribution < 1.29 is 0 Å². The fourth-order valence-corrected chi connectivity index (χ4v) is 2.57. The lowest BCUT2D eigenvalue weighted by atomic mass is 9.86. The van der Waals surface area contributed by atoms with E-state index in [2.05, 4.69) is 29.6 Å². The van der Waals surface area contributed by atoms with E-state index in [9.17, 15) is 0 Å². The molecule has 0 radical (unpaired) electrons. The predicted octanol–water partition coefficient (Wildman–Crippen LogP) is 2.36. The smallest absolute Gasteiger partial charge is 0.0593 e. The summed E-state index contributed by atoms with van der Waals surface area (Å²) in [5, 5.41) is 8.06. The Bertz CT molecular complexity index is 319. The first-order chi connectivity index (χ1) is 7.75. The van der Waals surface area contributed by atoms with Crippen LogP contribution in [0.15, 0.2) is 12.3 Å². The van der Waals surface area contributed by atoms with Crippen molar-refractivity contribution in [2.45, 2.75) is 52.1 Å². The predicted molar refractivity (Wildman–Crippen MR) is 66.4 cm³/mol. The zero-order valence-corrected chi connectivity index (χ0v) is 10.4. The molecule has 1 N–H and O–H groups in total. The number of aryl methyl sites for hydroxylation is 1. The molecule has 1 aliphatic rings. The van der Waals surface area contributed by atoms with Gasteiger partial charge in [-0.05, 0) is 31.7 Å². The average molecular weight is 221 g/mol. The quantitative estimate of drug-likeness (QED) is 0.846. The summed E-state index contributed by atoms with van der Waals surface area (Å²) in [4.78, 5) is 0. The van der Waals surface area contributed by atoms with Crippen LogP contribution in [0.4, 0.5) is 0 Å². The minimum atomic E-state index is 0.727. The van der Waals surface area contributed by atoms with Gasteiger partial charge in [0.2, 0.25) is 0 Å². The van der Waals surface area contributed by atoms with Crippen LogP contribution in [0, 0.1) is 12.8 Å². The number of nitrogens with zero attached hydrogens (tertiary/aromatic N) is 2. The van der Waals surface area contributed by atoms with Gasteiger partial charge in [0.05, 0.1) is 12.2 Å². The summed E-state index contributed by atoms with van der Waals surface area (Å²) in [7, 11) is 0. The molecule has 1 saturated carbocycles. The molecule has 90 valence electrons. The van der Waals surface area contributed by atoms with E-state index in [1.807, 2.05) is 11.6 Å². The number of rotatable bonds is 4. The zero-order chi connectivity index (χ0) is 11.4. The molecule has 0 spiro atoms. The zero-order valence-electron chi connectivity index (χ0n) is 10.4. The van der Waals surface area contributed by atoms with Crippen LogP contribution in [0.3, 0.4) is 0 Å². The Morgan fingerprint density at radius 1 is 1.44 bits per heavy atom. The highest BCUT2D eigenvalue weighted by molar-refractivity contribution is 4.94. The Kier molecular flexibility index (Phi) is 3.99. The lowest BCUT2D eigenvalue weighted by Crippen LogP contribution is -2.38. The fourth-order valence-electron chi connectivity index (χ4n) is 2.57. The van der Waals surface area contributed by atoms with Gasteiger partial charge in [-0.2, -0.15) is 5.10 Å². The Balaban J connectivity index is 1.71. The maximum atomic E-state index is 4.39. The topological polar surface area (TPSA) is 29.9 Å². The van der Waals surface area contributed by atoms with E-state index in [0.29, 0.717) is 0 Å². The lowest BCUT2D eigenvalue weighted by molar-refractivity contribution is 0.277. The largest absolute Gasteiger partial charge is 0.312 e. The Morgan fingerprint density at radius 2 is 2.25 bits per heavy atom. The van der Waals surface area contributed by atoms with Gasteiger partial charge in [-0.1, -0.05) is 19.8 Å². The summed E-state index contributed by atoms with van der Waals surface area (Å²) >= 11 is 0. The van der Waals surface area contributed by atoms with Gasteiger partial charge in [-0.3, -0.25) is 4.68 Å².